The number of aliphatic carboxylic acids is 1. The first kappa shape index (κ1) is 59.5. The van der Waals surface area contributed by atoms with Gasteiger partial charge < -0.3 is 109 Å². The maximum Gasteiger partial charge on any atom is 0.315 e. The molecule has 0 spiro atoms. The molecular formula is C53H84O24. The van der Waals surface area contributed by atoms with Gasteiger partial charge in [-0.05, 0) is 111 Å². The molecule has 24 heteroatoms. The Morgan fingerprint density at radius 3 is 1.87 bits per heavy atom. The van der Waals surface area contributed by atoms with E-state index in [-0.39, 0.29) is 35.2 Å². The highest BCUT2D eigenvalue weighted by molar-refractivity contribution is 5.79. The number of hydrogen-bond donors (Lipinski definition) is 14. The highest BCUT2D eigenvalue weighted by atomic mass is 16.8. The molecule has 4 saturated heterocycles. The summed E-state index contributed by atoms with van der Waals surface area (Å²) in [4.78, 5) is 28.7. The summed E-state index contributed by atoms with van der Waals surface area (Å²) in [6.45, 7) is 10.2. The first-order valence-electron chi connectivity index (χ1n) is 27.4. The van der Waals surface area contributed by atoms with E-state index in [1.165, 1.54) is 0 Å². The Hall–Kier alpha value is -2.12. The van der Waals surface area contributed by atoms with Gasteiger partial charge in [0.05, 0.1) is 43.4 Å². The molecule has 4 saturated carbocycles. The van der Waals surface area contributed by atoms with Crippen LogP contribution in [0, 0.1) is 50.2 Å². The summed E-state index contributed by atoms with van der Waals surface area (Å²) >= 11 is 0. The number of aliphatic hydroxyl groups excluding tert-OH is 13. The largest absolute Gasteiger partial charge is 0.481 e. The smallest absolute Gasteiger partial charge is 0.315 e. The van der Waals surface area contributed by atoms with Crippen LogP contribution in [0.2, 0.25) is 0 Å². The van der Waals surface area contributed by atoms with E-state index in [2.05, 4.69) is 40.7 Å². The number of hydrogen-bond acceptors (Lipinski definition) is 23. The van der Waals surface area contributed by atoms with Crippen LogP contribution in [0.25, 0.3) is 0 Å². The Bertz CT molecular complexity index is 2170. The molecule has 28 atom stereocenters. The number of carboxylic acids is 1. The van der Waals surface area contributed by atoms with Gasteiger partial charge in [0.1, 0.15) is 91.6 Å². The van der Waals surface area contributed by atoms with E-state index in [4.69, 9.17) is 37.9 Å². The maximum absolute atomic E-state index is 15.1. The van der Waals surface area contributed by atoms with Crippen LogP contribution >= 0.6 is 0 Å². The fourth-order valence-electron chi connectivity index (χ4n) is 16.1. The lowest BCUT2D eigenvalue weighted by Gasteiger charge is -2.71. The lowest BCUT2D eigenvalue weighted by atomic mass is 9.33. The second-order valence-corrected chi connectivity index (χ2v) is 25.6. The molecule has 4 heterocycles. The maximum atomic E-state index is 15.1. The van der Waals surface area contributed by atoms with E-state index in [1.807, 2.05) is 0 Å². The summed E-state index contributed by atoms with van der Waals surface area (Å²) in [7, 11) is 0. The molecule has 28 unspecified atom stereocenters. The summed E-state index contributed by atoms with van der Waals surface area (Å²) in [5.74, 6) is -2.34. The van der Waals surface area contributed by atoms with Gasteiger partial charge in [-0.2, -0.15) is 0 Å². The minimum absolute atomic E-state index is 0.0186. The van der Waals surface area contributed by atoms with Crippen LogP contribution in [0.1, 0.15) is 106 Å². The fraction of sp³-hybridized carbons (Fsp3) is 0.925. The average molecular weight is 1110 g/mol. The van der Waals surface area contributed by atoms with Crippen molar-refractivity contribution in [3.8, 4) is 0 Å². The van der Waals surface area contributed by atoms with E-state index in [0.717, 1.165) is 5.57 Å². The summed E-state index contributed by atoms with van der Waals surface area (Å²) in [5.41, 5.74) is -2.85. The zero-order valence-corrected chi connectivity index (χ0v) is 44.6. The van der Waals surface area contributed by atoms with Crippen molar-refractivity contribution in [3.05, 3.63) is 11.6 Å². The van der Waals surface area contributed by atoms with Crippen molar-refractivity contribution >= 4 is 11.9 Å². The molecule has 14 N–H and O–H groups in total. The van der Waals surface area contributed by atoms with Crippen LogP contribution < -0.4 is 0 Å². The van der Waals surface area contributed by atoms with Crippen molar-refractivity contribution in [2.45, 2.75) is 229 Å². The third-order valence-electron chi connectivity index (χ3n) is 21.1. The van der Waals surface area contributed by atoms with Crippen LogP contribution in [0.4, 0.5) is 0 Å². The standard InChI is InChI=1S/C53H84O24/c1-48(2)13-15-53(47(69)77-45-39(65)36(62)33(59)27(74-45)21-71-43-40(66)41(34(60)26(19-55)72-43)76-44-38(64)35(61)32(58)25(18-54)73-44)16-14-50(4)22(23(53)17-48)7-8-28-49(3)11-10-30(75-42-37(63)31(57)24(56)20-70-42)52(6,46(67)68)29(49)9-12-51(28,50)5/h7,23-45,54-66H,8-21H2,1-6H3,(H,67,68). The van der Waals surface area contributed by atoms with Crippen molar-refractivity contribution in [3.63, 3.8) is 0 Å². The van der Waals surface area contributed by atoms with Gasteiger partial charge in [0.2, 0.25) is 6.29 Å². The van der Waals surface area contributed by atoms with Crippen LogP contribution in [0.5, 0.6) is 0 Å². The van der Waals surface area contributed by atoms with Gasteiger partial charge in [-0.3, -0.25) is 9.59 Å². The van der Waals surface area contributed by atoms with Crippen molar-refractivity contribution in [2.24, 2.45) is 50.2 Å². The number of carboxylic acid groups (broad SMARTS) is 1. The van der Waals surface area contributed by atoms with Crippen LogP contribution in [0.15, 0.2) is 11.6 Å². The minimum Gasteiger partial charge on any atom is -0.481 e. The molecule has 8 fully saturated rings. The number of esters is 1. The van der Waals surface area contributed by atoms with Crippen LogP contribution in [0.3, 0.4) is 0 Å². The van der Waals surface area contributed by atoms with Crippen molar-refractivity contribution < 1.29 is 119 Å². The molecule has 9 rings (SSSR count). The van der Waals surface area contributed by atoms with Gasteiger partial charge in [-0.1, -0.05) is 46.3 Å². The SMILES string of the molecule is CC1(C)CCC2(C(=O)OC3OC(COC4OC(CO)C(O)C(OC5OC(CO)C(O)C(O)C5O)C4O)C(O)C(O)C3O)CCC3(C)C(=CCC4C5(C)CCC(OC6OCC(O)C(O)C6O)C(C)(C(=O)O)C5CCC43C)C2C1. The van der Waals surface area contributed by atoms with Crippen molar-refractivity contribution in [1.29, 1.82) is 0 Å². The highest BCUT2D eigenvalue weighted by Gasteiger charge is 2.72. The second-order valence-electron chi connectivity index (χ2n) is 25.6. The van der Waals surface area contributed by atoms with Gasteiger partial charge >= 0.3 is 11.9 Å². The number of carbonyl (C=O) groups is 2. The predicted octanol–water partition coefficient (Wildman–Crippen LogP) is -2.33. The summed E-state index contributed by atoms with van der Waals surface area (Å²) in [6.07, 6.45) is -25.3. The Morgan fingerprint density at radius 1 is 0.610 bits per heavy atom. The monoisotopic (exact) mass is 1100 g/mol. The lowest BCUT2D eigenvalue weighted by Crippen LogP contribution is -2.67. The number of rotatable bonds is 12. The minimum atomic E-state index is -1.93. The fourth-order valence-corrected chi connectivity index (χ4v) is 16.1. The third-order valence-corrected chi connectivity index (χ3v) is 21.1. The molecule has 0 aromatic rings. The number of fused-ring (bicyclic) bond motifs is 7. The molecular weight excluding hydrogens is 1020 g/mol. The third kappa shape index (κ3) is 9.65. The highest BCUT2D eigenvalue weighted by Crippen LogP contribution is 2.76. The molecule has 0 aromatic heterocycles. The Labute approximate surface area is 446 Å². The second kappa shape index (κ2) is 21.6. The normalized spacial score (nSPS) is 53.6. The van der Waals surface area contributed by atoms with E-state index in [9.17, 15) is 76.3 Å². The molecule has 0 bridgehead atoms. The summed E-state index contributed by atoms with van der Waals surface area (Å²) in [6, 6.07) is 0. The van der Waals surface area contributed by atoms with E-state index in [1.54, 1.807) is 6.92 Å². The van der Waals surface area contributed by atoms with Gasteiger partial charge in [-0.25, -0.2) is 0 Å². The first-order valence-corrected chi connectivity index (χ1v) is 27.4. The average Bonchev–Trinajstić information content (AvgIpc) is 3.52. The topological polar surface area (TPSA) is 391 Å². The molecule has 4 aliphatic heterocycles. The molecule has 5 aliphatic carbocycles. The van der Waals surface area contributed by atoms with Crippen LogP contribution in [-0.4, -0.2) is 233 Å². The molecule has 440 valence electrons. The Morgan fingerprint density at radius 2 is 1.21 bits per heavy atom. The van der Waals surface area contributed by atoms with E-state index in [0.29, 0.717) is 64.2 Å². The number of carbonyl (C=O) groups excluding carboxylic acids is 1. The van der Waals surface area contributed by atoms with Gasteiger partial charge in [-0.15, -0.1) is 0 Å². The molecule has 0 radical (unpaired) electrons. The molecule has 77 heavy (non-hydrogen) atoms. The summed E-state index contributed by atoms with van der Waals surface area (Å²) in [5, 5.41) is 149. The zero-order chi connectivity index (χ0) is 56.3. The van der Waals surface area contributed by atoms with Gasteiger partial charge in [0.25, 0.3) is 0 Å². The summed E-state index contributed by atoms with van der Waals surface area (Å²) < 4.78 is 46.5. The quantitative estimate of drug-likeness (QED) is 0.0554. The molecule has 24 nitrogen and oxygen atoms in total. The first-order chi connectivity index (χ1) is 36.0. The van der Waals surface area contributed by atoms with Gasteiger partial charge in [0, 0.05) is 0 Å². The number of aliphatic hydroxyl groups is 13. The molecule has 0 amide bonds. The van der Waals surface area contributed by atoms with E-state index >= 15 is 4.79 Å². The van der Waals surface area contributed by atoms with Crippen molar-refractivity contribution in [2.75, 3.05) is 26.4 Å². The van der Waals surface area contributed by atoms with Crippen LogP contribution in [-0.2, 0) is 47.5 Å². The number of allylic oxidation sites excluding steroid dienone is 2. The molecule has 9 aliphatic rings. The number of ether oxygens (including phenoxy) is 8. The zero-order valence-electron chi connectivity index (χ0n) is 44.6. The van der Waals surface area contributed by atoms with Crippen molar-refractivity contribution in [1.82, 2.24) is 0 Å². The lowest BCUT2D eigenvalue weighted by molar-refractivity contribution is -0.365. The Kier molecular flexibility index (Phi) is 16.7. The van der Waals surface area contributed by atoms with Gasteiger partial charge in [0.15, 0.2) is 18.9 Å². The van der Waals surface area contributed by atoms with E-state index < -0.39 is 176 Å². The Balaban J connectivity index is 0.918. The predicted molar refractivity (Wildman–Crippen MR) is 259 cm³/mol. The molecule has 0 aromatic carbocycles.